The number of Topliss-reactive ketones (excluding diaryl/α,β-unsaturated/α-hetero) is 1. The molecule has 2 aromatic carbocycles. The van der Waals surface area contributed by atoms with Crippen LogP contribution in [0.4, 0.5) is 0 Å². The summed E-state index contributed by atoms with van der Waals surface area (Å²) in [4.78, 5) is 11.8. The summed E-state index contributed by atoms with van der Waals surface area (Å²) in [5, 5.41) is 0. The number of carbonyl (C=O) groups is 1. The Kier molecular flexibility index (Phi) is 6.17. The maximum atomic E-state index is 11.8. The Balaban J connectivity index is 0.000000155. The van der Waals surface area contributed by atoms with Crippen molar-refractivity contribution in [3.63, 3.8) is 0 Å². The van der Waals surface area contributed by atoms with Crippen LogP contribution in [0.1, 0.15) is 90.8 Å². The molecule has 0 N–H and O–H groups in total. The first-order valence-corrected chi connectivity index (χ1v) is 10.6. The van der Waals surface area contributed by atoms with Crippen LogP contribution in [0.3, 0.4) is 0 Å². The van der Waals surface area contributed by atoms with Crippen LogP contribution in [0.2, 0.25) is 0 Å². The van der Waals surface area contributed by atoms with Gasteiger partial charge in [-0.2, -0.15) is 0 Å². The van der Waals surface area contributed by atoms with E-state index in [-0.39, 0.29) is 20.8 Å². The molecule has 0 aromatic heterocycles. The van der Waals surface area contributed by atoms with Crippen LogP contribution in [0.5, 0.6) is 0 Å². The van der Waals surface area contributed by atoms with Crippen molar-refractivity contribution in [2.24, 2.45) is 5.92 Å². The zero-order chi connectivity index (χ0) is 18.5. The average Bonchev–Trinajstić information content (AvgIpc) is 3.39. The van der Waals surface area contributed by atoms with Gasteiger partial charge in [0.15, 0.2) is 5.78 Å². The van der Waals surface area contributed by atoms with Gasteiger partial charge in [0.05, 0.1) is 0 Å². The molecule has 4 aliphatic rings. The van der Waals surface area contributed by atoms with Gasteiger partial charge < -0.3 is 0 Å². The van der Waals surface area contributed by atoms with E-state index < -0.39 is 0 Å². The molecule has 1 atom stereocenters. The molecule has 0 amide bonds. The Labute approximate surface area is 177 Å². The van der Waals surface area contributed by atoms with Gasteiger partial charge in [0.25, 0.3) is 0 Å². The van der Waals surface area contributed by atoms with Crippen LogP contribution < -0.4 is 0 Å². The van der Waals surface area contributed by atoms with Crippen molar-refractivity contribution >= 4 is 11.9 Å². The number of hydrogen-bond acceptors (Lipinski definition) is 1. The molecule has 0 fully saturated rings. The first kappa shape index (κ1) is 21.6. The van der Waals surface area contributed by atoms with Crippen molar-refractivity contribution in [3.05, 3.63) is 74.3 Å². The number of aryl methyl sites for hydroxylation is 4. The molecular formula is C28H36O. The molecule has 0 spiro atoms. The average molecular weight is 389 g/mol. The lowest BCUT2D eigenvalue weighted by Crippen LogP contribution is -2.03. The molecule has 1 heteroatoms. The third-order valence-electron chi connectivity index (χ3n) is 6.78. The van der Waals surface area contributed by atoms with Gasteiger partial charge in [-0.3, -0.25) is 4.79 Å². The van der Waals surface area contributed by atoms with Gasteiger partial charge in [0.2, 0.25) is 0 Å². The SMILES string of the molecule is C.C.CC1=Cc2cc3c(cc2C1)CCC3.CC1Cc2cc3c(cc2C1=O)CCC3. The van der Waals surface area contributed by atoms with Crippen molar-refractivity contribution in [2.45, 2.75) is 80.1 Å². The number of rotatable bonds is 0. The van der Waals surface area contributed by atoms with Crippen molar-refractivity contribution in [3.8, 4) is 0 Å². The van der Waals surface area contributed by atoms with Crippen LogP contribution in [0, 0.1) is 5.92 Å². The zero-order valence-electron chi connectivity index (χ0n) is 16.5. The lowest BCUT2D eigenvalue weighted by Gasteiger charge is -2.03. The Morgan fingerprint density at radius 2 is 1.31 bits per heavy atom. The van der Waals surface area contributed by atoms with E-state index in [4.69, 9.17) is 0 Å². The molecule has 29 heavy (non-hydrogen) atoms. The standard InChI is InChI=1S/C13H14O.C13H14.2CH4/c1-8-5-11-6-9-3-2-4-10(9)7-12(11)13(8)14;1-9-5-12-7-10-3-2-4-11(10)8-13(12)6-9;;/h6-8H,2-5H2,1H3;5,7-8H,2-4,6H2,1H3;2*1H4. The predicted molar refractivity (Wildman–Crippen MR) is 125 cm³/mol. The van der Waals surface area contributed by atoms with Crippen molar-refractivity contribution < 1.29 is 4.79 Å². The molecule has 0 saturated heterocycles. The maximum absolute atomic E-state index is 11.8. The fraction of sp³-hybridized carbons (Fsp3) is 0.464. The van der Waals surface area contributed by atoms with Gasteiger partial charge in [-0.05, 0) is 103 Å². The van der Waals surface area contributed by atoms with Crippen molar-refractivity contribution in [1.82, 2.24) is 0 Å². The lowest BCUT2D eigenvalue weighted by atomic mass is 10.0. The number of allylic oxidation sites excluding steroid dienone is 1. The van der Waals surface area contributed by atoms with E-state index in [1.165, 1.54) is 72.8 Å². The summed E-state index contributed by atoms with van der Waals surface area (Å²) >= 11 is 0. The smallest absolute Gasteiger partial charge is 0.166 e. The maximum Gasteiger partial charge on any atom is 0.166 e. The predicted octanol–water partition coefficient (Wildman–Crippen LogP) is 6.96. The summed E-state index contributed by atoms with van der Waals surface area (Å²) in [6.45, 7) is 4.26. The third-order valence-corrected chi connectivity index (χ3v) is 6.78. The molecular weight excluding hydrogens is 352 g/mol. The summed E-state index contributed by atoms with van der Waals surface area (Å²) in [7, 11) is 0. The van der Waals surface area contributed by atoms with Crippen LogP contribution in [0.25, 0.3) is 6.08 Å². The quantitative estimate of drug-likeness (QED) is 0.477. The van der Waals surface area contributed by atoms with E-state index in [1.807, 2.05) is 6.92 Å². The van der Waals surface area contributed by atoms with Crippen LogP contribution in [0.15, 0.2) is 29.8 Å². The highest BCUT2D eigenvalue weighted by Crippen LogP contribution is 2.33. The topological polar surface area (TPSA) is 17.1 Å². The zero-order valence-corrected chi connectivity index (χ0v) is 16.5. The lowest BCUT2D eigenvalue weighted by molar-refractivity contribution is 0.0946. The minimum atomic E-state index is 0. The summed E-state index contributed by atoms with van der Waals surface area (Å²) in [6.07, 6.45) is 12.1. The molecule has 1 unspecified atom stereocenters. The van der Waals surface area contributed by atoms with E-state index in [0.717, 1.165) is 12.0 Å². The van der Waals surface area contributed by atoms with E-state index >= 15 is 0 Å². The summed E-state index contributed by atoms with van der Waals surface area (Å²) in [5.41, 5.74) is 13.0. The van der Waals surface area contributed by atoms with Gasteiger partial charge in [-0.15, -0.1) is 0 Å². The monoisotopic (exact) mass is 388 g/mol. The highest BCUT2D eigenvalue weighted by Gasteiger charge is 2.28. The molecule has 6 rings (SSSR count). The Hall–Kier alpha value is -2.15. The summed E-state index contributed by atoms with van der Waals surface area (Å²) in [5.74, 6) is 0.572. The fourth-order valence-electron chi connectivity index (χ4n) is 5.36. The number of carbonyl (C=O) groups excluding carboxylic acids is 1. The van der Waals surface area contributed by atoms with Gasteiger partial charge in [0, 0.05) is 11.5 Å². The molecule has 0 aliphatic heterocycles. The minimum absolute atomic E-state index is 0. The molecule has 0 bridgehead atoms. The van der Waals surface area contributed by atoms with Gasteiger partial charge in [-0.25, -0.2) is 0 Å². The van der Waals surface area contributed by atoms with Crippen molar-refractivity contribution in [2.75, 3.05) is 0 Å². The molecule has 4 aliphatic carbocycles. The normalized spacial score (nSPS) is 19.7. The van der Waals surface area contributed by atoms with E-state index in [9.17, 15) is 4.79 Å². The third kappa shape index (κ3) is 3.84. The minimum Gasteiger partial charge on any atom is -0.294 e. The van der Waals surface area contributed by atoms with E-state index in [0.29, 0.717) is 5.78 Å². The van der Waals surface area contributed by atoms with Crippen molar-refractivity contribution in [1.29, 1.82) is 0 Å². The van der Waals surface area contributed by atoms with Gasteiger partial charge >= 0.3 is 0 Å². The summed E-state index contributed by atoms with van der Waals surface area (Å²) < 4.78 is 0. The van der Waals surface area contributed by atoms with Crippen LogP contribution in [-0.4, -0.2) is 5.78 Å². The molecule has 154 valence electrons. The van der Waals surface area contributed by atoms with Crippen LogP contribution in [-0.2, 0) is 38.5 Å². The highest BCUT2D eigenvalue weighted by molar-refractivity contribution is 6.02. The largest absolute Gasteiger partial charge is 0.294 e. The molecule has 1 nitrogen and oxygen atoms in total. The highest BCUT2D eigenvalue weighted by atomic mass is 16.1. The second kappa shape index (κ2) is 8.30. The first-order chi connectivity index (χ1) is 13.1. The molecule has 0 radical (unpaired) electrons. The number of hydrogen-bond donors (Lipinski definition) is 0. The second-order valence-corrected chi connectivity index (χ2v) is 8.94. The molecule has 2 aromatic rings. The number of benzene rings is 2. The van der Waals surface area contributed by atoms with Gasteiger partial charge in [0.1, 0.15) is 0 Å². The second-order valence-electron chi connectivity index (χ2n) is 8.94. The Bertz CT molecular complexity index is 976. The Morgan fingerprint density at radius 3 is 1.97 bits per heavy atom. The molecule has 0 heterocycles. The van der Waals surface area contributed by atoms with Crippen LogP contribution >= 0.6 is 0 Å². The Morgan fingerprint density at radius 1 is 0.759 bits per heavy atom. The summed E-state index contributed by atoms with van der Waals surface area (Å²) in [6, 6.07) is 9.28. The van der Waals surface area contributed by atoms with E-state index in [1.54, 1.807) is 16.7 Å². The van der Waals surface area contributed by atoms with Gasteiger partial charge in [-0.1, -0.05) is 51.6 Å². The van der Waals surface area contributed by atoms with E-state index in [2.05, 4.69) is 37.3 Å². The molecule has 0 saturated carbocycles. The number of ketones is 1. The number of fused-ring (bicyclic) bond motifs is 4. The fourth-order valence-corrected chi connectivity index (χ4v) is 5.36. The first-order valence-electron chi connectivity index (χ1n) is 10.6.